The predicted molar refractivity (Wildman–Crippen MR) is 121 cm³/mol. The number of aryl methyl sites for hydroxylation is 1. The fraction of sp³-hybridized carbons (Fsp3) is 0.458. The third kappa shape index (κ3) is 6.08. The number of benzene rings is 2. The average Bonchev–Trinajstić information content (AvgIpc) is 2.72. The van der Waals surface area contributed by atoms with Gasteiger partial charge in [0, 0.05) is 25.7 Å². The van der Waals surface area contributed by atoms with Gasteiger partial charge in [0.05, 0.1) is 4.90 Å². The van der Waals surface area contributed by atoms with Gasteiger partial charge >= 0.3 is 6.09 Å². The molecule has 168 valence electrons. The Kier molecular flexibility index (Phi) is 7.06. The van der Waals surface area contributed by atoms with Crippen molar-refractivity contribution in [3.8, 4) is 0 Å². The molecular formula is C24H32N2O4S. The van der Waals surface area contributed by atoms with Crippen LogP contribution in [0, 0.1) is 6.92 Å². The molecule has 1 aliphatic heterocycles. The summed E-state index contributed by atoms with van der Waals surface area (Å²) < 4.78 is 34.2. The Labute approximate surface area is 185 Å². The topological polar surface area (TPSA) is 66.9 Å². The highest BCUT2D eigenvalue weighted by Gasteiger charge is 2.35. The van der Waals surface area contributed by atoms with Crippen molar-refractivity contribution < 1.29 is 17.9 Å². The maximum Gasteiger partial charge on any atom is 0.410 e. The van der Waals surface area contributed by atoms with E-state index in [1.54, 1.807) is 21.3 Å². The summed E-state index contributed by atoms with van der Waals surface area (Å²) >= 11 is 0. The van der Waals surface area contributed by atoms with Crippen LogP contribution in [-0.4, -0.2) is 48.4 Å². The van der Waals surface area contributed by atoms with Gasteiger partial charge in [-0.15, -0.1) is 0 Å². The molecule has 0 saturated carbocycles. The molecule has 1 heterocycles. The van der Waals surface area contributed by atoms with Crippen molar-refractivity contribution in [1.29, 1.82) is 0 Å². The first-order chi connectivity index (χ1) is 14.6. The average molecular weight is 445 g/mol. The molecule has 0 aromatic heterocycles. The number of carbonyl (C=O) groups is 1. The van der Waals surface area contributed by atoms with Crippen LogP contribution in [0.5, 0.6) is 0 Å². The highest BCUT2D eigenvalue weighted by atomic mass is 32.2. The van der Waals surface area contributed by atoms with E-state index in [1.807, 2.05) is 70.2 Å². The standard InChI is InChI=1S/C24H32N2O4S/c1-19-10-12-22(13-11-19)31(28,29)26(18-20-8-6-5-7-9-20)21-14-16-25(17-15-21)23(27)30-24(2,3)4/h5-13,21H,14-18H2,1-4H3. The maximum atomic E-state index is 13.6. The summed E-state index contributed by atoms with van der Waals surface area (Å²) in [6.45, 7) is 8.69. The minimum absolute atomic E-state index is 0.190. The van der Waals surface area contributed by atoms with Crippen molar-refractivity contribution in [2.24, 2.45) is 0 Å². The fourth-order valence-electron chi connectivity index (χ4n) is 3.68. The Morgan fingerprint density at radius 1 is 1.03 bits per heavy atom. The Morgan fingerprint density at radius 2 is 1.61 bits per heavy atom. The van der Waals surface area contributed by atoms with E-state index in [2.05, 4.69) is 0 Å². The van der Waals surface area contributed by atoms with Gasteiger partial charge < -0.3 is 9.64 Å². The molecule has 0 spiro atoms. The molecule has 0 unspecified atom stereocenters. The lowest BCUT2D eigenvalue weighted by Crippen LogP contribution is -2.49. The van der Waals surface area contributed by atoms with Gasteiger partial charge in [0.15, 0.2) is 0 Å². The molecule has 1 aliphatic rings. The molecule has 0 bridgehead atoms. The smallest absolute Gasteiger partial charge is 0.410 e. The highest BCUT2D eigenvalue weighted by molar-refractivity contribution is 7.89. The van der Waals surface area contributed by atoms with E-state index in [0.717, 1.165) is 11.1 Å². The van der Waals surface area contributed by atoms with Crippen molar-refractivity contribution in [3.05, 3.63) is 65.7 Å². The quantitative estimate of drug-likeness (QED) is 0.677. The number of hydrogen-bond acceptors (Lipinski definition) is 4. The molecule has 31 heavy (non-hydrogen) atoms. The molecule has 1 fully saturated rings. The largest absolute Gasteiger partial charge is 0.444 e. The molecule has 3 rings (SSSR count). The lowest BCUT2D eigenvalue weighted by molar-refractivity contribution is 0.0176. The summed E-state index contributed by atoms with van der Waals surface area (Å²) in [6.07, 6.45) is 0.788. The van der Waals surface area contributed by atoms with Crippen LogP contribution in [0.3, 0.4) is 0 Å². The summed E-state index contributed by atoms with van der Waals surface area (Å²) in [5.41, 5.74) is 1.40. The summed E-state index contributed by atoms with van der Waals surface area (Å²) in [5.74, 6) is 0. The van der Waals surface area contributed by atoms with Gasteiger partial charge in [0.1, 0.15) is 5.60 Å². The number of sulfonamides is 1. The number of piperidine rings is 1. The summed E-state index contributed by atoms with van der Waals surface area (Å²) in [5, 5.41) is 0. The van der Waals surface area contributed by atoms with E-state index in [1.165, 1.54) is 0 Å². The van der Waals surface area contributed by atoms with Crippen molar-refractivity contribution in [1.82, 2.24) is 9.21 Å². The molecule has 6 nitrogen and oxygen atoms in total. The van der Waals surface area contributed by atoms with Gasteiger partial charge in [-0.1, -0.05) is 48.0 Å². The molecule has 0 atom stereocenters. The molecule has 0 aliphatic carbocycles. The Balaban J connectivity index is 1.81. The van der Waals surface area contributed by atoms with Crippen molar-refractivity contribution in [2.45, 2.75) is 63.6 Å². The zero-order valence-corrected chi connectivity index (χ0v) is 19.6. The van der Waals surface area contributed by atoms with Crippen LogP contribution in [0.1, 0.15) is 44.7 Å². The van der Waals surface area contributed by atoms with Crippen molar-refractivity contribution in [2.75, 3.05) is 13.1 Å². The number of amides is 1. The lowest BCUT2D eigenvalue weighted by Gasteiger charge is -2.38. The molecular weight excluding hydrogens is 412 g/mol. The van der Waals surface area contributed by atoms with Gasteiger partial charge in [-0.25, -0.2) is 13.2 Å². The minimum atomic E-state index is -3.68. The Hall–Kier alpha value is -2.38. The number of nitrogens with zero attached hydrogens (tertiary/aromatic N) is 2. The van der Waals surface area contributed by atoms with Crippen molar-refractivity contribution in [3.63, 3.8) is 0 Å². The Bertz CT molecular complexity index is 974. The van der Waals surface area contributed by atoms with Crippen LogP contribution in [-0.2, 0) is 21.3 Å². The van der Waals surface area contributed by atoms with Gasteiger partial charge in [-0.05, 0) is 58.2 Å². The molecule has 0 radical (unpaired) electrons. The SMILES string of the molecule is Cc1ccc(S(=O)(=O)N(Cc2ccccc2)C2CCN(C(=O)OC(C)(C)C)CC2)cc1. The normalized spacial score (nSPS) is 15.8. The molecule has 7 heteroatoms. The van der Waals surface area contributed by atoms with E-state index in [4.69, 9.17) is 4.74 Å². The van der Waals surface area contributed by atoms with Crippen LogP contribution in [0.2, 0.25) is 0 Å². The first-order valence-corrected chi connectivity index (χ1v) is 12.1. The van der Waals surface area contributed by atoms with E-state index < -0.39 is 15.6 Å². The second-order valence-electron chi connectivity index (χ2n) is 9.05. The number of ether oxygens (including phenoxy) is 1. The van der Waals surface area contributed by atoms with Gasteiger partial charge in [0.25, 0.3) is 0 Å². The van der Waals surface area contributed by atoms with E-state index in [0.29, 0.717) is 37.4 Å². The first-order valence-electron chi connectivity index (χ1n) is 10.7. The molecule has 1 amide bonds. The van der Waals surface area contributed by atoms with Crippen LogP contribution in [0.25, 0.3) is 0 Å². The fourth-order valence-corrected chi connectivity index (χ4v) is 5.36. The third-order valence-electron chi connectivity index (χ3n) is 5.33. The zero-order valence-electron chi connectivity index (χ0n) is 18.7. The molecule has 2 aromatic rings. The second kappa shape index (κ2) is 9.40. The Morgan fingerprint density at radius 3 is 2.16 bits per heavy atom. The number of likely N-dealkylation sites (tertiary alicyclic amines) is 1. The van der Waals surface area contributed by atoms with Crippen molar-refractivity contribution >= 4 is 16.1 Å². The van der Waals surface area contributed by atoms with E-state index in [9.17, 15) is 13.2 Å². The summed E-state index contributed by atoms with van der Waals surface area (Å²) in [7, 11) is -3.68. The number of rotatable bonds is 5. The molecule has 2 aromatic carbocycles. The second-order valence-corrected chi connectivity index (χ2v) is 10.9. The summed E-state index contributed by atoms with van der Waals surface area (Å²) in [6, 6.07) is 16.4. The third-order valence-corrected chi connectivity index (χ3v) is 7.24. The van der Waals surface area contributed by atoms with E-state index in [-0.39, 0.29) is 12.1 Å². The number of hydrogen-bond donors (Lipinski definition) is 0. The highest BCUT2D eigenvalue weighted by Crippen LogP contribution is 2.27. The zero-order chi connectivity index (χ0) is 22.6. The van der Waals surface area contributed by atoms with Gasteiger partial charge in [0.2, 0.25) is 10.0 Å². The predicted octanol–water partition coefficient (Wildman–Crippen LogP) is 4.59. The molecule has 0 N–H and O–H groups in total. The summed E-state index contributed by atoms with van der Waals surface area (Å²) in [4.78, 5) is 14.4. The maximum absolute atomic E-state index is 13.6. The first kappa shape index (κ1) is 23.3. The van der Waals surface area contributed by atoms with E-state index >= 15 is 0 Å². The monoisotopic (exact) mass is 444 g/mol. The number of carbonyl (C=O) groups excluding carboxylic acids is 1. The lowest BCUT2D eigenvalue weighted by atomic mass is 10.0. The van der Waals surface area contributed by atoms with Gasteiger partial charge in [-0.3, -0.25) is 0 Å². The van der Waals surface area contributed by atoms with Crippen LogP contribution in [0.4, 0.5) is 4.79 Å². The molecule has 1 saturated heterocycles. The van der Waals surface area contributed by atoms with Crippen LogP contribution in [0.15, 0.2) is 59.5 Å². The van der Waals surface area contributed by atoms with Crippen LogP contribution < -0.4 is 0 Å². The van der Waals surface area contributed by atoms with Gasteiger partial charge in [-0.2, -0.15) is 4.31 Å². The van der Waals surface area contributed by atoms with Crippen LogP contribution >= 0.6 is 0 Å². The minimum Gasteiger partial charge on any atom is -0.444 e.